The Morgan fingerprint density at radius 1 is 1.35 bits per heavy atom. The molecular formula is C18H31N5. The Hall–Kier alpha value is -1.62. The van der Waals surface area contributed by atoms with E-state index in [0.717, 1.165) is 37.9 Å². The van der Waals surface area contributed by atoms with E-state index in [2.05, 4.69) is 38.5 Å². The second-order valence-electron chi connectivity index (χ2n) is 6.27. The fourth-order valence-corrected chi connectivity index (χ4v) is 3.07. The molecule has 0 saturated carbocycles. The van der Waals surface area contributed by atoms with Gasteiger partial charge in [0.15, 0.2) is 5.96 Å². The Kier molecular flexibility index (Phi) is 7.87. The monoisotopic (exact) mass is 317 g/mol. The molecule has 1 fully saturated rings. The molecule has 1 aliphatic heterocycles. The highest BCUT2D eigenvalue weighted by molar-refractivity contribution is 5.79. The maximum atomic E-state index is 4.28. The number of nitrogens with zero attached hydrogens (tertiary/aromatic N) is 3. The quantitative estimate of drug-likeness (QED) is 0.459. The van der Waals surface area contributed by atoms with Crippen LogP contribution in [0.2, 0.25) is 0 Å². The third kappa shape index (κ3) is 6.57. The van der Waals surface area contributed by atoms with Gasteiger partial charge in [-0.2, -0.15) is 0 Å². The predicted molar refractivity (Wildman–Crippen MR) is 96.8 cm³/mol. The van der Waals surface area contributed by atoms with E-state index in [1.807, 2.05) is 19.3 Å². The highest BCUT2D eigenvalue weighted by Crippen LogP contribution is 2.15. The summed E-state index contributed by atoms with van der Waals surface area (Å²) in [6.45, 7) is 6.63. The molecule has 23 heavy (non-hydrogen) atoms. The first kappa shape index (κ1) is 17.7. The molecule has 0 spiro atoms. The summed E-state index contributed by atoms with van der Waals surface area (Å²) in [5, 5.41) is 6.77. The molecule has 2 heterocycles. The zero-order valence-electron chi connectivity index (χ0n) is 14.6. The second kappa shape index (κ2) is 10.2. The van der Waals surface area contributed by atoms with E-state index in [9.17, 15) is 0 Å². The van der Waals surface area contributed by atoms with Gasteiger partial charge < -0.3 is 15.5 Å². The van der Waals surface area contributed by atoms with Crippen LogP contribution in [-0.2, 0) is 6.42 Å². The highest BCUT2D eigenvalue weighted by atomic mass is 15.2. The molecular weight excluding hydrogens is 286 g/mol. The number of nitrogens with one attached hydrogen (secondary N) is 2. The number of pyridine rings is 1. The summed E-state index contributed by atoms with van der Waals surface area (Å²) in [4.78, 5) is 11.0. The normalized spacial score (nSPS) is 19.6. The standard InChI is InChI=1S/C18H31N5/c1-16-7-3-4-13-23(16)14-6-11-21-18(19-2)22-12-9-17-8-5-10-20-15-17/h5,8,10,15-16H,3-4,6-7,9,11-14H2,1-2H3,(H2,19,21,22). The highest BCUT2D eigenvalue weighted by Gasteiger charge is 2.16. The molecule has 0 bridgehead atoms. The Balaban J connectivity index is 1.57. The van der Waals surface area contributed by atoms with E-state index in [4.69, 9.17) is 0 Å². The SMILES string of the molecule is CN=C(NCCCN1CCCCC1C)NCCc1cccnc1. The van der Waals surface area contributed by atoms with Gasteiger partial charge in [0, 0.05) is 45.1 Å². The van der Waals surface area contributed by atoms with E-state index < -0.39 is 0 Å². The minimum atomic E-state index is 0.751. The van der Waals surface area contributed by atoms with Gasteiger partial charge in [-0.05, 0) is 50.8 Å². The lowest BCUT2D eigenvalue weighted by molar-refractivity contribution is 0.159. The van der Waals surface area contributed by atoms with Crippen molar-refractivity contribution in [2.75, 3.05) is 33.2 Å². The molecule has 1 unspecified atom stereocenters. The van der Waals surface area contributed by atoms with Crippen LogP contribution in [0.5, 0.6) is 0 Å². The third-order valence-electron chi connectivity index (χ3n) is 4.51. The largest absolute Gasteiger partial charge is 0.356 e. The van der Waals surface area contributed by atoms with Crippen LogP contribution in [0.3, 0.4) is 0 Å². The number of likely N-dealkylation sites (tertiary alicyclic amines) is 1. The molecule has 5 nitrogen and oxygen atoms in total. The van der Waals surface area contributed by atoms with Gasteiger partial charge in [0.25, 0.3) is 0 Å². The first-order valence-electron chi connectivity index (χ1n) is 8.87. The van der Waals surface area contributed by atoms with E-state index in [0.29, 0.717) is 0 Å². The Morgan fingerprint density at radius 2 is 2.22 bits per heavy atom. The van der Waals surface area contributed by atoms with Crippen LogP contribution in [-0.4, -0.2) is 55.1 Å². The number of aliphatic imine (C=N–C) groups is 1. The van der Waals surface area contributed by atoms with Gasteiger partial charge in [-0.3, -0.25) is 9.98 Å². The Labute approximate surface area is 140 Å². The molecule has 0 radical (unpaired) electrons. The summed E-state index contributed by atoms with van der Waals surface area (Å²) >= 11 is 0. The molecule has 0 aliphatic carbocycles. The van der Waals surface area contributed by atoms with E-state index in [1.165, 1.54) is 37.9 Å². The van der Waals surface area contributed by atoms with Gasteiger partial charge in [-0.25, -0.2) is 0 Å². The summed E-state index contributed by atoms with van der Waals surface area (Å²) in [6.07, 6.45) is 9.94. The van der Waals surface area contributed by atoms with Crippen LogP contribution in [0, 0.1) is 0 Å². The second-order valence-corrected chi connectivity index (χ2v) is 6.27. The fraction of sp³-hybridized carbons (Fsp3) is 0.667. The maximum absolute atomic E-state index is 4.28. The Bertz CT molecular complexity index is 460. The zero-order chi connectivity index (χ0) is 16.3. The van der Waals surface area contributed by atoms with Crippen molar-refractivity contribution >= 4 is 5.96 Å². The number of hydrogen-bond donors (Lipinski definition) is 2. The lowest BCUT2D eigenvalue weighted by atomic mass is 10.0. The maximum Gasteiger partial charge on any atom is 0.190 e. The van der Waals surface area contributed by atoms with Gasteiger partial charge in [0.05, 0.1) is 0 Å². The average molecular weight is 317 g/mol. The third-order valence-corrected chi connectivity index (χ3v) is 4.51. The zero-order valence-corrected chi connectivity index (χ0v) is 14.6. The molecule has 1 aromatic rings. The van der Waals surface area contributed by atoms with Crippen molar-refractivity contribution in [3.63, 3.8) is 0 Å². The first-order valence-corrected chi connectivity index (χ1v) is 8.87. The van der Waals surface area contributed by atoms with Crippen molar-refractivity contribution in [2.24, 2.45) is 4.99 Å². The van der Waals surface area contributed by atoms with Gasteiger partial charge in [-0.1, -0.05) is 12.5 Å². The molecule has 0 aromatic carbocycles. The molecule has 128 valence electrons. The molecule has 5 heteroatoms. The minimum Gasteiger partial charge on any atom is -0.356 e. The van der Waals surface area contributed by atoms with Crippen molar-refractivity contribution in [3.05, 3.63) is 30.1 Å². The van der Waals surface area contributed by atoms with Crippen LogP contribution in [0.15, 0.2) is 29.5 Å². The molecule has 1 aliphatic rings. The van der Waals surface area contributed by atoms with Crippen molar-refractivity contribution in [1.29, 1.82) is 0 Å². The Morgan fingerprint density at radius 3 is 2.96 bits per heavy atom. The fourth-order valence-electron chi connectivity index (χ4n) is 3.07. The topological polar surface area (TPSA) is 52.6 Å². The lowest BCUT2D eigenvalue weighted by Crippen LogP contribution is -2.41. The van der Waals surface area contributed by atoms with E-state index in [1.54, 1.807) is 6.20 Å². The van der Waals surface area contributed by atoms with Crippen molar-refractivity contribution < 1.29 is 0 Å². The number of aromatic nitrogens is 1. The van der Waals surface area contributed by atoms with Crippen LogP contribution >= 0.6 is 0 Å². The van der Waals surface area contributed by atoms with Crippen molar-refractivity contribution in [2.45, 2.75) is 45.1 Å². The van der Waals surface area contributed by atoms with Crippen molar-refractivity contribution in [3.8, 4) is 0 Å². The lowest BCUT2D eigenvalue weighted by Gasteiger charge is -2.33. The number of rotatable bonds is 7. The van der Waals surface area contributed by atoms with E-state index >= 15 is 0 Å². The van der Waals surface area contributed by atoms with Gasteiger partial charge in [0.1, 0.15) is 0 Å². The van der Waals surface area contributed by atoms with Crippen LogP contribution in [0.4, 0.5) is 0 Å². The van der Waals surface area contributed by atoms with Crippen molar-refractivity contribution in [1.82, 2.24) is 20.5 Å². The molecule has 1 saturated heterocycles. The number of guanidine groups is 1. The molecule has 2 rings (SSSR count). The van der Waals surface area contributed by atoms with Gasteiger partial charge in [0.2, 0.25) is 0 Å². The summed E-state index contributed by atoms with van der Waals surface area (Å²) in [6, 6.07) is 4.83. The smallest absolute Gasteiger partial charge is 0.190 e. The van der Waals surface area contributed by atoms with E-state index in [-0.39, 0.29) is 0 Å². The van der Waals surface area contributed by atoms with Crippen LogP contribution in [0.25, 0.3) is 0 Å². The number of hydrogen-bond acceptors (Lipinski definition) is 3. The number of piperidine rings is 1. The summed E-state index contributed by atoms with van der Waals surface area (Å²) < 4.78 is 0. The van der Waals surface area contributed by atoms with Crippen LogP contribution < -0.4 is 10.6 Å². The minimum absolute atomic E-state index is 0.751. The molecule has 0 amide bonds. The summed E-state index contributed by atoms with van der Waals surface area (Å²) in [5.74, 6) is 0.889. The van der Waals surface area contributed by atoms with Gasteiger partial charge in [-0.15, -0.1) is 0 Å². The molecule has 1 atom stereocenters. The van der Waals surface area contributed by atoms with Crippen LogP contribution in [0.1, 0.15) is 38.2 Å². The molecule has 1 aromatic heterocycles. The average Bonchev–Trinajstić information content (AvgIpc) is 2.59. The summed E-state index contributed by atoms with van der Waals surface area (Å²) in [5.41, 5.74) is 1.24. The van der Waals surface area contributed by atoms with Gasteiger partial charge >= 0.3 is 0 Å². The molecule has 2 N–H and O–H groups in total. The predicted octanol–water partition coefficient (Wildman–Crippen LogP) is 2.05. The first-order chi connectivity index (χ1) is 11.3. The summed E-state index contributed by atoms with van der Waals surface area (Å²) in [7, 11) is 1.83.